The predicted molar refractivity (Wildman–Crippen MR) is 84.4 cm³/mol. The number of hydrogen-bond acceptors (Lipinski definition) is 2. The van der Waals surface area contributed by atoms with Crippen LogP contribution in [0.5, 0.6) is 0 Å². The van der Waals surface area contributed by atoms with E-state index in [4.69, 9.17) is 0 Å². The van der Waals surface area contributed by atoms with Gasteiger partial charge < -0.3 is 9.13 Å². The summed E-state index contributed by atoms with van der Waals surface area (Å²) in [6.45, 7) is 7.29. The highest BCUT2D eigenvalue weighted by atomic mass is 19.1. The summed E-state index contributed by atoms with van der Waals surface area (Å²) in [5, 5.41) is 0. The van der Waals surface area contributed by atoms with Crippen LogP contribution < -0.4 is 0 Å². The van der Waals surface area contributed by atoms with Crippen LogP contribution in [0.2, 0.25) is 0 Å². The van der Waals surface area contributed by atoms with Crippen molar-refractivity contribution in [2.24, 2.45) is 0 Å². The van der Waals surface area contributed by atoms with Gasteiger partial charge in [0.25, 0.3) is 0 Å². The highest BCUT2D eigenvalue weighted by Gasteiger charge is 2.35. The van der Waals surface area contributed by atoms with Crippen LogP contribution in [-0.4, -0.2) is 19.1 Å². The lowest BCUT2D eigenvalue weighted by atomic mass is 9.96. The molecule has 2 heterocycles. The minimum atomic E-state index is -1.78. The standard InChI is InChI=1S/C17H20F2N4/c1-4-23-13(3)12(2)21-15(23)11-22-10-9-20-16(22)17(19)7-5-14(18)6-8-17/h5-7,9-10H,4,8,11H2,1-3H3. The summed E-state index contributed by atoms with van der Waals surface area (Å²) in [6.07, 6.45) is 6.90. The zero-order chi connectivity index (χ0) is 16.6. The molecule has 23 heavy (non-hydrogen) atoms. The maximum absolute atomic E-state index is 15.1. The van der Waals surface area contributed by atoms with Gasteiger partial charge in [-0.2, -0.15) is 0 Å². The number of aromatic nitrogens is 4. The third kappa shape index (κ3) is 2.73. The average molecular weight is 318 g/mol. The second-order valence-electron chi connectivity index (χ2n) is 5.81. The second kappa shape index (κ2) is 5.76. The molecule has 0 saturated carbocycles. The van der Waals surface area contributed by atoms with Crippen LogP contribution >= 0.6 is 0 Å². The maximum atomic E-state index is 15.1. The van der Waals surface area contributed by atoms with E-state index < -0.39 is 11.5 Å². The van der Waals surface area contributed by atoms with Crippen molar-refractivity contribution < 1.29 is 8.78 Å². The molecule has 2 aromatic rings. The molecule has 0 aliphatic heterocycles. The molecular weight excluding hydrogens is 298 g/mol. The Morgan fingerprint density at radius 1 is 1.35 bits per heavy atom. The van der Waals surface area contributed by atoms with Gasteiger partial charge in [-0.15, -0.1) is 0 Å². The first kappa shape index (κ1) is 15.6. The van der Waals surface area contributed by atoms with E-state index in [-0.39, 0.29) is 12.2 Å². The molecule has 1 unspecified atom stereocenters. The van der Waals surface area contributed by atoms with E-state index in [0.29, 0.717) is 6.54 Å². The van der Waals surface area contributed by atoms with Gasteiger partial charge in [0.05, 0.1) is 12.2 Å². The monoisotopic (exact) mass is 318 g/mol. The summed E-state index contributed by atoms with van der Waals surface area (Å²) >= 11 is 0. The Bertz CT molecular complexity index is 785. The van der Waals surface area contributed by atoms with Crippen molar-refractivity contribution in [2.75, 3.05) is 0 Å². The molecule has 0 bridgehead atoms. The lowest BCUT2D eigenvalue weighted by Crippen LogP contribution is -2.24. The van der Waals surface area contributed by atoms with Crippen molar-refractivity contribution in [1.82, 2.24) is 19.1 Å². The number of halogens is 2. The van der Waals surface area contributed by atoms with E-state index in [1.165, 1.54) is 12.2 Å². The van der Waals surface area contributed by atoms with Crippen molar-refractivity contribution in [3.05, 3.63) is 59.5 Å². The predicted octanol–water partition coefficient (Wildman–Crippen LogP) is 3.74. The van der Waals surface area contributed by atoms with Crippen LogP contribution in [0.15, 0.2) is 36.4 Å². The number of allylic oxidation sites excluding steroid dienone is 4. The van der Waals surface area contributed by atoms with E-state index in [9.17, 15) is 4.39 Å². The molecule has 2 aromatic heterocycles. The molecule has 0 N–H and O–H groups in total. The van der Waals surface area contributed by atoms with Gasteiger partial charge in [-0.25, -0.2) is 18.7 Å². The molecule has 1 atom stereocenters. The highest BCUT2D eigenvalue weighted by Crippen LogP contribution is 2.35. The van der Waals surface area contributed by atoms with Gasteiger partial charge in [0, 0.05) is 31.1 Å². The van der Waals surface area contributed by atoms with Crippen LogP contribution in [0.25, 0.3) is 0 Å². The molecule has 4 nitrogen and oxygen atoms in total. The van der Waals surface area contributed by atoms with Gasteiger partial charge in [-0.1, -0.05) is 0 Å². The summed E-state index contributed by atoms with van der Waals surface area (Å²) < 4.78 is 32.1. The Balaban J connectivity index is 1.94. The van der Waals surface area contributed by atoms with Gasteiger partial charge >= 0.3 is 0 Å². The molecule has 6 heteroatoms. The Morgan fingerprint density at radius 3 is 2.78 bits per heavy atom. The van der Waals surface area contributed by atoms with Crippen LogP contribution in [-0.2, 0) is 18.8 Å². The summed E-state index contributed by atoms with van der Waals surface area (Å²) in [5.74, 6) is 0.731. The van der Waals surface area contributed by atoms with Gasteiger partial charge in [-0.05, 0) is 39.0 Å². The first-order valence-electron chi connectivity index (χ1n) is 7.72. The van der Waals surface area contributed by atoms with E-state index >= 15 is 4.39 Å². The Labute approximate surface area is 134 Å². The van der Waals surface area contributed by atoms with Crippen molar-refractivity contribution in [3.63, 3.8) is 0 Å². The molecule has 122 valence electrons. The third-order valence-corrected chi connectivity index (χ3v) is 4.35. The molecule has 1 aliphatic carbocycles. The van der Waals surface area contributed by atoms with E-state index in [2.05, 4.69) is 21.5 Å². The first-order valence-corrected chi connectivity index (χ1v) is 7.72. The van der Waals surface area contributed by atoms with E-state index in [1.807, 2.05) is 13.8 Å². The van der Waals surface area contributed by atoms with Crippen LogP contribution in [0.4, 0.5) is 8.78 Å². The number of nitrogens with zero attached hydrogens (tertiary/aromatic N) is 4. The third-order valence-electron chi connectivity index (χ3n) is 4.35. The number of aryl methyl sites for hydroxylation is 1. The molecule has 3 rings (SSSR count). The second-order valence-corrected chi connectivity index (χ2v) is 5.81. The molecule has 0 spiro atoms. The fraction of sp³-hybridized carbons (Fsp3) is 0.412. The fourth-order valence-electron chi connectivity index (χ4n) is 2.98. The molecule has 0 amide bonds. The van der Waals surface area contributed by atoms with Gasteiger partial charge in [0.2, 0.25) is 0 Å². The van der Waals surface area contributed by atoms with Gasteiger partial charge in [0.1, 0.15) is 11.7 Å². The van der Waals surface area contributed by atoms with Crippen molar-refractivity contribution >= 4 is 0 Å². The molecule has 1 aliphatic rings. The van der Waals surface area contributed by atoms with Crippen molar-refractivity contribution in [1.29, 1.82) is 0 Å². The highest BCUT2D eigenvalue weighted by molar-refractivity contribution is 5.28. The minimum absolute atomic E-state index is 0.0490. The zero-order valence-corrected chi connectivity index (χ0v) is 13.6. The summed E-state index contributed by atoms with van der Waals surface area (Å²) in [4.78, 5) is 8.74. The Kier molecular flexibility index (Phi) is 3.92. The maximum Gasteiger partial charge on any atom is 0.190 e. The van der Waals surface area contributed by atoms with Crippen LogP contribution in [0.3, 0.4) is 0 Å². The molecule has 0 radical (unpaired) electrons. The Hall–Kier alpha value is -2.24. The van der Waals surface area contributed by atoms with Crippen molar-refractivity contribution in [3.8, 4) is 0 Å². The average Bonchev–Trinajstić information content (AvgIpc) is 3.09. The lowest BCUT2D eigenvalue weighted by Gasteiger charge is -2.23. The summed E-state index contributed by atoms with van der Waals surface area (Å²) in [7, 11) is 0. The number of rotatable bonds is 4. The minimum Gasteiger partial charge on any atom is -0.331 e. The van der Waals surface area contributed by atoms with Gasteiger partial charge in [0.15, 0.2) is 11.5 Å². The lowest BCUT2D eigenvalue weighted by molar-refractivity contribution is 0.211. The van der Waals surface area contributed by atoms with Crippen LogP contribution in [0, 0.1) is 13.8 Å². The van der Waals surface area contributed by atoms with E-state index in [0.717, 1.165) is 29.8 Å². The largest absolute Gasteiger partial charge is 0.331 e. The molecule has 0 saturated heterocycles. The quantitative estimate of drug-likeness (QED) is 0.861. The summed E-state index contributed by atoms with van der Waals surface area (Å²) in [6, 6.07) is 0. The smallest absolute Gasteiger partial charge is 0.190 e. The summed E-state index contributed by atoms with van der Waals surface area (Å²) in [5.41, 5.74) is 0.301. The van der Waals surface area contributed by atoms with Crippen LogP contribution in [0.1, 0.15) is 36.4 Å². The molecular formula is C17H20F2N4. The SMILES string of the molecule is CCn1c(Cn2ccnc2C2(F)C=CC(F)=CC2)nc(C)c1C. The van der Waals surface area contributed by atoms with E-state index in [1.54, 1.807) is 17.0 Å². The van der Waals surface area contributed by atoms with Gasteiger partial charge in [-0.3, -0.25) is 0 Å². The number of imidazole rings is 2. The first-order chi connectivity index (χ1) is 10.9. The number of hydrogen-bond donors (Lipinski definition) is 0. The molecule has 0 fully saturated rings. The fourth-order valence-corrected chi connectivity index (χ4v) is 2.98. The normalized spacial score (nSPS) is 20.8. The Morgan fingerprint density at radius 2 is 2.13 bits per heavy atom. The topological polar surface area (TPSA) is 35.6 Å². The number of alkyl halides is 1. The zero-order valence-electron chi connectivity index (χ0n) is 13.6. The molecule has 0 aromatic carbocycles. The van der Waals surface area contributed by atoms with Crippen molar-refractivity contribution in [2.45, 2.75) is 46.0 Å².